The van der Waals surface area contributed by atoms with Gasteiger partial charge in [0.15, 0.2) is 0 Å². The third-order valence-electron chi connectivity index (χ3n) is 6.61. The van der Waals surface area contributed by atoms with Crippen LogP contribution in [0.1, 0.15) is 17.0 Å². The molecule has 2 aromatic carbocycles. The molecule has 0 saturated carbocycles. The topological polar surface area (TPSA) is 76.3 Å². The maximum absolute atomic E-state index is 13.3. The van der Waals surface area contributed by atoms with Crippen molar-refractivity contribution in [3.8, 4) is 5.69 Å². The van der Waals surface area contributed by atoms with Crippen molar-refractivity contribution >= 4 is 34.1 Å². The Morgan fingerprint density at radius 3 is 2.40 bits per heavy atom. The summed E-state index contributed by atoms with van der Waals surface area (Å²) in [5.74, 6) is -0.117. The molecule has 1 aliphatic heterocycles. The van der Waals surface area contributed by atoms with Gasteiger partial charge in [0, 0.05) is 36.9 Å². The molecule has 5 rings (SSSR count). The minimum absolute atomic E-state index is 0.0955. The number of anilines is 1. The lowest BCUT2D eigenvalue weighted by atomic mass is 10.1. The molecule has 1 fully saturated rings. The van der Waals surface area contributed by atoms with Gasteiger partial charge in [-0.2, -0.15) is 10.2 Å². The molecule has 180 valence electrons. The van der Waals surface area contributed by atoms with E-state index in [0.717, 1.165) is 22.6 Å². The summed E-state index contributed by atoms with van der Waals surface area (Å²) in [4.78, 5) is 30.5. The van der Waals surface area contributed by atoms with E-state index in [1.165, 1.54) is 4.68 Å². The minimum atomic E-state index is -0.299. The average Bonchev–Trinajstić information content (AvgIpc) is 3.22. The van der Waals surface area contributed by atoms with Crippen LogP contribution < -0.4 is 10.5 Å². The van der Waals surface area contributed by atoms with Gasteiger partial charge in [0.25, 0.3) is 5.56 Å². The highest BCUT2D eigenvalue weighted by Crippen LogP contribution is 2.25. The van der Waals surface area contributed by atoms with E-state index in [1.807, 2.05) is 62.4 Å². The van der Waals surface area contributed by atoms with Gasteiger partial charge < -0.3 is 9.80 Å². The molecular formula is C26H27ClN6O2. The number of carbonyl (C=O) groups is 1. The monoisotopic (exact) mass is 490 g/mol. The number of hydrogen-bond acceptors (Lipinski definition) is 5. The van der Waals surface area contributed by atoms with E-state index in [2.05, 4.69) is 22.0 Å². The van der Waals surface area contributed by atoms with E-state index < -0.39 is 0 Å². The fraction of sp³-hybridized carbons (Fsp3) is 0.308. The first-order chi connectivity index (χ1) is 16.8. The number of carbonyl (C=O) groups excluding carboxylic acids is 1. The lowest BCUT2D eigenvalue weighted by Crippen LogP contribution is -2.50. The van der Waals surface area contributed by atoms with Gasteiger partial charge in [-0.15, -0.1) is 0 Å². The van der Waals surface area contributed by atoms with Gasteiger partial charge in [-0.1, -0.05) is 35.9 Å². The Morgan fingerprint density at radius 2 is 1.69 bits per heavy atom. The summed E-state index contributed by atoms with van der Waals surface area (Å²) < 4.78 is 3.03. The number of para-hydroxylation sites is 1. The molecule has 0 unspecified atom stereocenters. The summed E-state index contributed by atoms with van der Waals surface area (Å²) in [6.07, 6.45) is 0. The zero-order valence-corrected chi connectivity index (χ0v) is 20.8. The summed E-state index contributed by atoms with van der Waals surface area (Å²) in [6, 6.07) is 15.5. The normalized spacial score (nSPS) is 14.1. The molecule has 3 heterocycles. The van der Waals surface area contributed by atoms with Gasteiger partial charge in [-0.3, -0.25) is 9.59 Å². The number of aryl methyl sites for hydroxylation is 3. The van der Waals surface area contributed by atoms with Crippen LogP contribution in [-0.2, 0) is 11.3 Å². The maximum atomic E-state index is 13.3. The third kappa shape index (κ3) is 4.30. The molecule has 0 spiro atoms. The highest BCUT2D eigenvalue weighted by molar-refractivity contribution is 6.30. The molecule has 9 heteroatoms. The van der Waals surface area contributed by atoms with Crippen LogP contribution in [0.2, 0.25) is 5.02 Å². The van der Waals surface area contributed by atoms with Crippen LogP contribution in [0.4, 0.5) is 5.69 Å². The van der Waals surface area contributed by atoms with Crippen molar-refractivity contribution in [1.82, 2.24) is 24.5 Å². The molecule has 35 heavy (non-hydrogen) atoms. The molecule has 1 aliphatic rings. The summed E-state index contributed by atoms with van der Waals surface area (Å²) >= 11 is 6.19. The Balaban J connectivity index is 1.36. The maximum Gasteiger partial charge on any atom is 0.278 e. The van der Waals surface area contributed by atoms with Gasteiger partial charge in [0.2, 0.25) is 5.91 Å². The lowest BCUT2D eigenvalue weighted by Gasteiger charge is -2.37. The van der Waals surface area contributed by atoms with Crippen molar-refractivity contribution in [3.05, 3.63) is 80.9 Å². The highest BCUT2D eigenvalue weighted by Gasteiger charge is 2.24. The second kappa shape index (κ2) is 9.19. The van der Waals surface area contributed by atoms with Crippen LogP contribution in [0.25, 0.3) is 16.6 Å². The number of amides is 1. The third-order valence-corrected chi connectivity index (χ3v) is 6.84. The average molecular weight is 491 g/mol. The van der Waals surface area contributed by atoms with Gasteiger partial charge >= 0.3 is 0 Å². The van der Waals surface area contributed by atoms with Crippen LogP contribution in [0, 0.1) is 20.8 Å². The Morgan fingerprint density at radius 1 is 0.971 bits per heavy atom. The standard InChI is InChI=1S/C26H27ClN6O2/c1-17-9-10-20(27)15-22(17)30-11-13-31(14-12-30)23(34)16-32-26(35)24-19(3)33(21-7-5-4-6-8-21)29-25(24)18(2)28-32/h4-10,15H,11-14,16H2,1-3H3. The van der Waals surface area contributed by atoms with Crippen LogP contribution >= 0.6 is 11.6 Å². The van der Waals surface area contributed by atoms with E-state index >= 15 is 0 Å². The first-order valence-electron chi connectivity index (χ1n) is 11.6. The molecule has 0 bridgehead atoms. The molecule has 0 radical (unpaired) electrons. The second-order valence-electron chi connectivity index (χ2n) is 8.90. The smallest absolute Gasteiger partial charge is 0.278 e. The van der Waals surface area contributed by atoms with Crippen LogP contribution in [0.3, 0.4) is 0 Å². The van der Waals surface area contributed by atoms with Crippen molar-refractivity contribution in [2.24, 2.45) is 0 Å². The van der Waals surface area contributed by atoms with Crippen molar-refractivity contribution in [2.75, 3.05) is 31.1 Å². The van der Waals surface area contributed by atoms with Gasteiger partial charge in [0.05, 0.1) is 22.5 Å². The van der Waals surface area contributed by atoms with Crippen molar-refractivity contribution in [3.63, 3.8) is 0 Å². The van der Waals surface area contributed by atoms with E-state index in [-0.39, 0.29) is 18.0 Å². The molecule has 8 nitrogen and oxygen atoms in total. The fourth-order valence-corrected chi connectivity index (χ4v) is 4.86. The number of aromatic nitrogens is 4. The van der Waals surface area contributed by atoms with Crippen molar-refractivity contribution in [1.29, 1.82) is 0 Å². The molecule has 2 aromatic heterocycles. The first-order valence-corrected chi connectivity index (χ1v) is 12.0. The Labute approximate surface area is 208 Å². The van der Waals surface area contributed by atoms with Gasteiger partial charge in [-0.25, -0.2) is 9.36 Å². The second-order valence-corrected chi connectivity index (χ2v) is 9.34. The van der Waals surface area contributed by atoms with E-state index in [9.17, 15) is 9.59 Å². The molecule has 1 amide bonds. The number of nitrogens with zero attached hydrogens (tertiary/aromatic N) is 6. The fourth-order valence-electron chi connectivity index (χ4n) is 4.69. The molecular weight excluding hydrogens is 464 g/mol. The lowest BCUT2D eigenvalue weighted by molar-refractivity contribution is -0.132. The van der Waals surface area contributed by atoms with Gasteiger partial charge in [0.1, 0.15) is 12.1 Å². The Hall–Kier alpha value is -3.65. The number of rotatable bonds is 4. The number of fused-ring (bicyclic) bond motifs is 1. The number of benzene rings is 2. The summed E-state index contributed by atoms with van der Waals surface area (Å²) in [6.45, 7) is 8.20. The minimum Gasteiger partial charge on any atom is -0.368 e. The highest BCUT2D eigenvalue weighted by atomic mass is 35.5. The molecule has 1 saturated heterocycles. The zero-order valence-electron chi connectivity index (χ0n) is 20.0. The predicted molar refractivity (Wildman–Crippen MR) is 138 cm³/mol. The van der Waals surface area contributed by atoms with Crippen LogP contribution in [0.5, 0.6) is 0 Å². The van der Waals surface area contributed by atoms with E-state index in [4.69, 9.17) is 11.6 Å². The first kappa shape index (κ1) is 23.1. The molecule has 0 aliphatic carbocycles. The SMILES string of the molecule is Cc1ccc(Cl)cc1N1CCN(C(=O)Cn2nc(C)c3nn(-c4ccccc4)c(C)c3c2=O)CC1. The van der Waals surface area contributed by atoms with Crippen molar-refractivity contribution in [2.45, 2.75) is 27.3 Å². The summed E-state index contributed by atoms with van der Waals surface area (Å²) in [5.41, 5.74) is 4.72. The molecule has 4 aromatic rings. The zero-order chi connectivity index (χ0) is 24.7. The van der Waals surface area contributed by atoms with E-state index in [0.29, 0.717) is 47.8 Å². The Kier molecular flexibility index (Phi) is 6.06. The number of halogens is 1. The number of piperazine rings is 1. The largest absolute Gasteiger partial charge is 0.368 e. The Bertz CT molecular complexity index is 1470. The quantitative estimate of drug-likeness (QED) is 0.437. The van der Waals surface area contributed by atoms with Crippen LogP contribution in [-0.4, -0.2) is 56.5 Å². The summed E-state index contributed by atoms with van der Waals surface area (Å²) in [5, 5.41) is 10.3. The number of hydrogen-bond donors (Lipinski definition) is 0. The van der Waals surface area contributed by atoms with Crippen LogP contribution in [0.15, 0.2) is 53.3 Å². The van der Waals surface area contributed by atoms with E-state index in [1.54, 1.807) is 9.58 Å². The van der Waals surface area contributed by atoms with Gasteiger partial charge in [-0.05, 0) is 50.6 Å². The molecule has 0 atom stereocenters. The van der Waals surface area contributed by atoms with Crippen molar-refractivity contribution < 1.29 is 4.79 Å². The molecule has 0 N–H and O–H groups in total. The summed E-state index contributed by atoms with van der Waals surface area (Å²) in [7, 11) is 0. The predicted octanol–water partition coefficient (Wildman–Crippen LogP) is 3.51.